The van der Waals surface area contributed by atoms with E-state index in [2.05, 4.69) is 19.2 Å². The minimum atomic E-state index is 0.836. The van der Waals surface area contributed by atoms with Crippen molar-refractivity contribution in [3.63, 3.8) is 0 Å². The summed E-state index contributed by atoms with van der Waals surface area (Å²) in [6.45, 7) is 4.72. The predicted molar refractivity (Wildman–Crippen MR) is 79.8 cm³/mol. The SMILES string of the molecule is CC(C)CCC(NC1CCCCCCC1)C1CC1. The van der Waals surface area contributed by atoms with Gasteiger partial charge in [0.15, 0.2) is 0 Å². The first-order valence-electron chi connectivity index (χ1n) is 8.51. The Morgan fingerprint density at radius 3 is 2.00 bits per heavy atom. The van der Waals surface area contributed by atoms with Gasteiger partial charge >= 0.3 is 0 Å². The molecule has 0 radical (unpaired) electrons. The average Bonchev–Trinajstić information content (AvgIpc) is 3.10. The van der Waals surface area contributed by atoms with Crippen molar-refractivity contribution in [1.82, 2.24) is 5.32 Å². The molecule has 0 saturated heterocycles. The van der Waals surface area contributed by atoms with Crippen molar-refractivity contribution in [3.05, 3.63) is 0 Å². The Kier molecular flexibility index (Phi) is 6.01. The highest BCUT2D eigenvalue weighted by molar-refractivity contribution is 4.88. The van der Waals surface area contributed by atoms with Crippen molar-refractivity contribution in [2.24, 2.45) is 11.8 Å². The van der Waals surface area contributed by atoms with Crippen LogP contribution in [0.5, 0.6) is 0 Å². The zero-order valence-electron chi connectivity index (χ0n) is 12.6. The molecule has 0 aromatic carbocycles. The van der Waals surface area contributed by atoms with E-state index in [-0.39, 0.29) is 0 Å². The largest absolute Gasteiger partial charge is 0.311 e. The zero-order valence-corrected chi connectivity index (χ0v) is 12.6. The van der Waals surface area contributed by atoms with Crippen LogP contribution < -0.4 is 5.32 Å². The molecule has 0 aromatic heterocycles. The molecule has 0 aliphatic heterocycles. The molecule has 2 saturated carbocycles. The van der Waals surface area contributed by atoms with Gasteiger partial charge in [-0.05, 0) is 50.4 Å². The highest BCUT2D eigenvalue weighted by Crippen LogP contribution is 2.35. The number of hydrogen-bond donors (Lipinski definition) is 1. The molecule has 1 heteroatoms. The summed E-state index contributed by atoms with van der Waals surface area (Å²) >= 11 is 0. The van der Waals surface area contributed by atoms with Crippen molar-refractivity contribution in [1.29, 1.82) is 0 Å². The van der Waals surface area contributed by atoms with Crippen molar-refractivity contribution in [2.45, 2.75) is 96.6 Å². The summed E-state index contributed by atoms with van der Waals surface area (Å²) in [6.07, 6.45) is 16.0. The summed E-state index contributed by atoms with van der Waals surface area (Å²) < 4.78 is 0. The maximum Gasteiger partial charge on any atom is 0.00980 e. The van der Waals surface area contributed by atoms with Gasteiger partial charge in [0.1, 0.15) is 0 Å². The topological polar surface area (TPSA) is 12.0 Å². The summed E-state index contributed by atoms with van der Waals surface area (Å²) in [4.78, 5) is 0. The normalized spacial score (nSPS) is 24.8. The fraction of sp³-hybridized carbons (Fsp3) is 1.00. The van der Waals surface area contributed by atoms with Gasteiger partial charge in [-0.1, -0.05) is 46.0 Å². The van der Waals surface area contributed by atoms with E-state index < -0.39 is 0 Å². The van der Waals surface area contributed by atoms with E-state index in [1.54, 1.807) is 0 Å². The highest BCUT2D eigenvalue weighted by atomic mass is 15.0. The Morgan fingerprint density at radius 2 is 1.44 bits per heavy atom. The number of nitrogens with one attached hydrogen (secondary N) is 1. The summed E-state index contributed by atoms with van der Waals surface area (Å²) in [5, 5.41) is 4.04. The van der Waals surface area contributed by atoms with Crippen LogP contribution in [0.25, 0.3) is 0 Å². The standard InChI is InChI=1S/C17H33N/c1-14(2)10-13-17(15-11-12-15)18-16-8-6-4-3-5-7-9-16/h14-18H,3-13H2,1-2H3. The monoisotopic (exact) mass is 251 g/mol. The second-order valence-electron chi connectivity index (χ2n) is 7.12. The van der Waals surface area contributed by atoms with E-state index in [9.17, 15) is 0 Å². The van der Waals surface area contributed by atoms with E-state index >= 15 is 0 Å². The molecule has 1 unspecified atom stereocenters. The lowest BCUT2D eigenvalue weighted by Gasteiger charge is -2.28. The van der Waals surface area contributed by atoms with Gasteiger partial charge < -0.3 is 5.32 Å². The van der Waals surface area contributed by atoms with Gasteiger partial charge in [-0.25, -0.2) is 0 Å². The van der Waals surface area contributed by atoms with Gasteiger partial charge in [-0.3, -0.25) is 0 Å². The lowest BCUT2D eigenvalue weighted by Crippen LogP contribution is -2.40. The summed E-state index contributed by atoms with van der Waals surface area (Å²) in [5.74, 6) is 1.89. The molecule has 0 amide bonds. The number of rotatable bonds is 6. The Bertz CT molecular complexity index is 212. The minimum Gasteiger partial charge on any atom is -0.311 e. The van der Waals surface area contributed by atoms with Crippen molar-refractivity contribution >= 4 is 0 Å². The maximum absolute atomic E-state index is 4.04. The third-order valence-corrected chi connectivity index (χ3v) is 4.80. The fourth-order valence-electron chi connectivity index (χ4n) is 3.39. The maximum atomic E-state index is 4.04. The van der Waals surface area contributed by atoms with Crippen molar-refractivity contribution in [3.8, 4) is 0 Å². The second kappa shape index (κ2) is 7.53. The van der Waals surface area contributed by atoms with E-state index in [0.29, 0.717) is 0 Å². The molecule has 2 fully saturated rings. The first kappa shape index (κ1) is 14.4. The van der Waals surface area contributed by atoms with Crippen LogP contribution in [-0.2, 0) is 0 Å². The Balaban J connectivity index is 1.75. The predicted octanol–water partition coefficient (Wildman–Crippen LogP) is 4.90. The highest BCUT2D eigenvalue weighted by Gasteiger charge is 2.32. The first-order valence-corrected chi connectivity index (χ1v) is 8.51. The van der Waals surface area contributed by atoms with Crippen LogP contribution in [0.1, 0.15) is 84.5 Å². The van der Waals surface area contributed by atoms with Gasteiger partial charge in [0.05, 0.1) is 0 Å². The Hall–Kier alpha value is -0.0400. The van der Waals surface area contributed by atoms with Gasteiger partial charge in [0, 0.05) is 12.1 Å². The minimum absolute atomic E-state index is 0.836. The molecule has 1 atom stereocenters. The second-order valence-corrected chi connectivity index (χ2v) is 7.12. The zero-order chi connectivity index (χ0) is 12.8. The first-order chi connectivity index (χ1) is 8.75. The molecule has 1 N–H and O–H groups in total. The summed E-state index contributed by atoms with van der Waals surface area (Å²) in [7, 11) is 0. The van der Waals surface area contributed by atoms with Crippen LogP contribution in [0.4, 0.5) is 0 Å². The molecule has 2 rings (SSSR count). The van der Waals surface area contributed by atoms with Gasteiger partial charge in [-0.15, -0.1) is 0 Å². The molecule has 18 heavy (non-hydrogen) atoms. The fourth-order valence-corrected chi connectivity index (χ4v) is 3.39. The average molecular weight is 251 g/mol. The molecule has 106 valence electrons. The summed E-state index contributed by atoms with van der Waals surface area (Å²) in [5.41, 5.74) is 0. The van der Waals surface area contributed by atoms with Crippen LogP contribution in [0, 0.1) is 11.8 Å². The molecule has 0 heterocycles. The van der Waals surface area contributed by atoms with E-state index in [0.717, 1.165) is 23.9 Å². The van der Waals surface area contributed by atoms with Gasteiger partial charge in [-0.2, -0.15) is 0 Å². The molecular formula is C17H33N. The lowest BCUT2D eigenvalue weighted by atomic mass is 9.94. The van der Waals surface area contributed by atoms with Crippen LogP contribution in [0.15, 0.2) is 0 Å². The lowest BCUT2D eigenvalue weighted by molar-refractivity contribution is 0.311. The third-order valence-electron chi connectivity index (χ3n) is 4.80. The van der Waals surface area contributed by atoms with E-state index in [4.69, 9.17) is 0 Å². The molecule has 0 aromatic rings. The molecule has 2 aliphatic rings. The molecule has 0 spiro atoms. The quantitative estimate of drug-likeness (QED) is 0.707. The third kappa shape index (κ3) is 5.30. The number of hydrogen-bond acceptors (Lipinski definition) is 1. The van der Waals surface area contributed by atoms with E-state index in [1.165, 1.54) is 70.6 Å². The van der Waals surface area contributed by atoms with Crippen LogP contribution in [0.2, 0.25) is 0 Å². The molecule has 2 aliphatic carbocycles. The molecule has 1 nitrogen and oxygen atoms in total. The molecule has 0 bridgehead atoms. The van der Waals surface area contributed by atoms with E-state index in [1.807, 2.05) is 0 Å². The summed E-state index contributed by atoms with van der Waals surface area (Å²) in [6, 6.07) is 1.68. The van der Waals surface area contributed by atoms with Gasteiger partial charge in [0.2, 0.25) is 0 Å². The molecular weight excluding hydrogens is 218 g/mol. The Labute approximate surface area is 114 Å². The Morgan fingerprint density at radius 1 is 0.833 bits per heavy atom. The van der Waals surface area contributed by atoms with Crippen LogP contribution in [-0.4, -0.2) is 12.1 Å². The van der Waals surface area contributed by atoms with Crippen molar-refractivity contribution < 1.29 is 0 Å². The van der Waals surface area contributed by atoms with Crippen molar-refractivity contribution in [2.75, 3.05) is 0 Å². The van der Waals surface area contributed by atoms with Crippen LogP contribution >= 0.6 is 0 Å². The van der Waals surface area contributed by atoms with Crippen LogP contribution in [0.3, 0.4) is 0 Å². The smallest absolute Gasteiger partial charge is 0.00980 e. The van der Waals surface area contributed by atoms with Gasteiger partial charge in [0.25, 0.3) is 0 Å².